The third-order valence-corrected chi connectivity index (χ3v) is 2.47. The minimum Gasteiger partial charge on any atom is -0.403 e. The standard InChI is InChI=1S/C6H2Br2F3NO2/c7-2-1-12-5(13)3(8)4(2)14-6(9,10)11/h1H,(H,12,13). The summed E-state index contributed by atoms with van der Waals surface area (Å²) in [6.45, 7) is 0. The molecule has 1 N–H and O–H groups in total. The van der Waals surface area contributed by atoms with Crippen molar-refractivity contribution < 1.29 is 17.9 Å². The molecule has 0 radical (unpaired) electrons. The average molecular weight is 337 g/mol. The Bertz CT molecular complexity index is 401. The number of rotatable bonds is 1. The summed E-state index contributed by atoms with van der Waals surface area (Å²) in [5, 5.41) is 0. The van der Waals surface area contributed by atoms with Gasteiger partial charge < -0.3 is 9.72 Å². The average Bonchev–Trinajstić information content (AvgIpc) is 2.04. The zero-order valence-electron chi connectivity index (χ0n) is 6.28. The second-order valence-electron chi connectivity index (χ2n) is 2.16. The number of aromatic nitrogens is 1. The highest BCUT2D eigenvalue weighted by molar-refractivity contribution is 9.11. The third-order valence-electron chi connectivity index (χ3n) is 1.16. The summed E-state index contributed by atoms with van der Waals surface area (Å²) in [5.74, 6) is -0.596. The van der Waals surface area contributed by atoms with Crippen molar-refractivity contribution in [2.45, 2.75) is 6.36 Å². The van der Waals surface area contributed by atoms with Gasteiger partial charge in [-0.1, -0.05) is 0 Å². The number of halogens is 5. The largest absolute Gasteiger partial charge is 0.573 e. The molecule has 3 nitrogen and oxygen atoms in total. The minimum atomic E-state index is -4.83. The molecule has 78 valence electrons. The second kappa shape index (κ2) is 3.93. The fraction of sp³-hybridized carbons (Fsp3) is 0.167. The first kappa shape index (κ1) is 11.6. The summed E-state index contributed by atoms with van der Waals surface area (Å²) in [6.07, 6.45) is -3.77. The lowest BCUT2D eigenvalue weighted by Gasteiger charge is -2.10. The van der Waals surface area contributed by atoms with Crippen LogP contribution in [0.15, 0.2) is 19.9 Å². The van der Waals surface area contributed by atoms with Crippen molar-refractivity contribution in [1.29, 1.82) is 0 Å². The summed E-state index contributed by atoms with van der Waals surface area (Å²) in [7, 11) is 0. The van der Waals surface area contributed by atoms with Crippen LogP contribution in [0.1, 0.15) is 0 Å². The van der Waals surface area contributed by atoms with Gasteiger partial charge >= 0.3 is 6.36 Å². The van der Waals surface area contributed by atoms with Crippen LogP contribution >= 0.6 is 31.9 Å². The number of hydrogen-bond donors (Lipinski definition) is 1. The van der Waals surface area contributed by atoms with Crippen molar-refractivity contribution in [1.82, 2.24) is 4.98 Å². The number of hydrogen-bond acceptors (Lipinski definition) is 2. The maximum atomic E-state index is 11.9. The van der Waals surface area contributed by atoms with Crippen LogP contribution in [-0.2, 0) is 0 Å². The summed E-state index contributed by atoms with van der Waals surface area (Å²) >= 11 is 5.49. The molecule has 0 aromatic carbocycles. The van der Waals surface area contributed by atoms with Crippen molar-refractivity contribution >= 4 is 31.9 Å². The Morgan fingerprint density at radius 3 is 2.43 bits per heavy atom. The van der Waals surface area contributed by atoms with Crippen LogP contribution in [0, 0.1) is 0 Å². The maximum absolute atomic E-state index is 11.9. The van der Waals surface area contributed by atoms with Crippen molar-refractivity contribution in [3.63, 3.8) is 0 Å². The number of nitrogens with one attached hydrogen (secondary N) is 1. The van der Waals surface area contributed by atoms with E-state index in [1.165, 1.54) is 0 Å². The molecular formula is C6H2Br2F3NO2. The quantitative estimate of drug-likeness (QED) is 0.857. The van der Waals surface area contributed by atoms with Gasteiger partial charge in [0.05, 0.1) is 4.47 Å². The Balaban J connectivity index is 3.20. The summed E-state index contributed by atoms with van der Waals surface area (Å²) in [5.41, 5.74) is -0.701. The lowest BCUT2D eigenvalue weighted by molar-refractivity contribution is -0.275. The van der Waals surface area contributed by atoms with Crippen molar-refractivity contribution in [2.24, 2.45) is 0 Å². The van der Waals surface area contributed by atoms with Crippen LogP contribution in [0.5, 0.6) is 5.75 Å². The molecular weight excluding hydrogens is 335 g/mol. The van der Waals surface area contributed by atoms with Crippen LogP contribution in [0.4, 0.5) is 13.2 Å². The Morgan fingerprint density at radius 1 is 1.36 bits per heavy atom. The van der Waals surface area contributed by atoms with Gasteiger partial charge in [0, 0.05) is 6.20 Å². The number of H-pyrrole nitrogens is 1. The molecule has 0 atom stereocenters. The molecule has 0 fully saturated rings. The van der Waals surface area contributed by atoms with E-state index in [0.717, 1.165) is 6.20 Å². The fourth-order valence-electron chi connectivity index (χ4n) is 0.675. The van der Waals surface area contributed by atoms with Gasteiger partial charge in [-0.05, 0) is 31.9 Å². The van der Waals surface area contributed by atoms with Gasteiger partial charge in [0.1, 0.15) is 4.47 Å². The predicted molar refractivity (Wildman–Crippen MR) is 49.1 cm³/mol. The number of pyridine rings is 1. The Hall–Kier alpha value is -0.500. The zero-order chi connectivity index (χ0) is 10.9. The molecule has 1 aromatic rings. The Labute approximate surface area is 92.5 Å². The van der Waals surface area contributed by atoms with E-state index in [1.54, 1.807) is 0 Å². The molecule has 0 unspecified atom stereocenters. The van der Waals surface area contributed by atoms with Gasteiger partial charge in [0.25, 0.3) is 5.56 Å². The molecule has 8 heteroatoms. The number of ether oxygens (including phenoxy) is 1. The van der Waals surface area contributed by atoms with Gasteiger partial charge in [-0.25, -0.2) is 0 Å². The van der Waals surface area contributed by atoms with E-state index in [2.05, 4.69) is 41.6 Å². The molecule has 0 amide bonds. The molecule has 14 heavy (non-hydrogen) atoms. The molecule has 0 aliphatic heterocycles. The van der Waals surface area contributed by atoms with Crippen molar-refractivity contribution in [3.05, 3.63) is 25.5 Å². The monoisotopic (exact) mass is 335 g/mol. The first-order valence-corrected chi connectivity index (χ1v) is 4.72. The first-order valence-electron chi connectivity index (χ1n) is 3.13. The van der Waals surface area contributed by atoms with Crippen LogP contribution in [0.2, 0.25) is 0 Å². The smallest absolute Gasteiger partial charge is 0.403 e. The van der Waals surface area contributed by atoms with E-state index in [0.29, 0.717) is 0 Å². The van der Waals surface area contributed by atoms with Crippen molar-refractivity contribution in [3.8, 4) is 5.75 Å². The molecule has 1 heterocycles. The van der Waals surface area contributed by atoms with Gasteiger partial charge in [0.15, 0.2) is 5.75 Å². The number of aromatic amines is 1. The number of alkyl halides is 3. The van der Waals surface area contributed by atoms with Crippen LogP contribution in [-0.4, -0.2) is 11.3 Å². The fourth-order valence-corrected chi connectivity index (χ4v) is 1.74. The predicted octanol–water partition coefficient (Wildman–Crippen LogP) is 2.80. The van der Waals surface area contributed by atoms with E-state index in [1.807, 2.05) is 0 Å². The summed E-state index contributed by atoms with van der Waals surface area (Å²) < 4.78 is 38.9. The maximum Gasteiger partial charge on any atom is 0.573 e. The van der Waals surface area contributed by atoms with Crippen molar-refractivity contribution in [2.75, 3.05) is 0 Å². The Morgan fingerprint density at radius 2 is 1.93 bits per heavy atom. The molecule has 0 saturated carbocycles. The zero-order valence-corrected chi connectivity index (χ0v) is 9.46. The molecule has 1 aromatic heterocycles. The first-order chi connectivity index (χ1) is 6.31. The topological polar surface area (TPSA) is 42.1 Å². The van der Waals surface area contributed by atoms with Gasteiger partial charge in [-0.3, -0.25) is 4.79 Å². The SMILES string of the molecule is O=c1[nH]cc(Br)c(OC(F)(F)F)c1Br. The molecule has 0 aliphatic rings. The van der Waals surface area contributed by atoms with Crippen LogP contribution in [0.25, 0.3) is 0 Å². The molecule has 0 bridgehead atoms. The molecule has 1 rings (SSSR count). The molecule has 0 spiro atoms. The Kier molecular flexibility index (Phi) is 3.25. The van der Waals surface area contributed by atoms with Crippen LogP contribution in [0.3, 0.4) is 0 Å². The highest BCUT2D eigenvalue weighted by atomic mass is 79.9. The molecule has 0 aliphatic carbocycles. The van der Waals surface area contributed by atoms with Gasteiger partial charge in [-0.15, -0.1) is 13.2 Å². The lowest BCUT2D eigenvalue weighted by atomic mass is 10.4. The van der Waals surface area contributed by atoms with E-state index in [4.69, 9.17) is 0 Å². The van der Waals surface area contributed by atoms with E-state index in [9.17, 15) is 18.0 Å². The second-order valence-corrected chi connectivity index (χ2v) is 3.80. The summed E-state index contributed by atoms with van der Waals surface area (Å²) in [4.78, 5) is 13.1. The lowest BCUT2D eigenvalue weighted by Crippen LogP contribution is -2.20. The third kappa shape index (κ3) is 2.74. The minimum absolute atomic E-state index is 0.00120. The van der Waals surface area contributed by atoms with E-state index >= 15 is 0 Å². The van der Waals surface area contributed by atoms with Crippen LogP contribution < -0.4 is 10.3 Å². The van der Waals surface area contributed by atoms with Gasteiger partial charge in [0.2, 0.25) is 0 Å². The highest BCUT2D eigenvalue weighted by Gasteiger charge is 2.33. The van der Waals surface area contributed by atoms with Gasteiger partial charge in [-0.2, -0.15) is 0 Å². The molecule has 0 saturated heterocycles. The van der Waals surface area contributed by atoms with E-state index in [-0.39, 0.29) is 8.95 Å². The van der Waals surface area contributed by atoms with E-state index < -0.39 is 17.7 Å². The summed E-state index contributed by atoms with van der Waals surface area (Å²) in [6, 6.07) is 0. The normalized spacial score (nSPS) is 11.5. The highest BCUT2D eigenvalue weighted by Crippen LogP contribution is 2.33.